The molecule has 2 fully saturated rings. The molecular weight excluding hydrogens is 330 g/mol. The van der Waals surface area contributed by atoms with Crippen molar-refractivity contribution in [2.75, 3.05) is 31.1 Å². The largest absolute Gasteiger partial charge is 0.366 e. The van der Waals surface area contributed by atoms with Gasteiger partial charge in [0.25, 0.3) is 5.91 Å². The first-order valence-electron chi connectivity index (χ1n) is 8.76. The Morgan fingerprint density at radius 3 is 2.65 bits per heavy atom. The number of rotatable bonds is 3. The molecule has 1 spiro atoms. The van der Waals surface area contributed by atoms with Crippen LogP contribution >= 0.6 is 0 Å². The quantitative estimate of drug-likeness (QED) is 0.900. The van der Waals surface area contributed by atoms with Crippen LogP contribution in [0.25, 0.3) is 0 Å². The number of amides is 2. The molecule has 134 valence electrons. The molecule has 0 radical (unpaired) electrons. The van der Waals surface area contributed by atoms with Crippen LogP contribution in [-0.4, -0.2) is 52.9 Å². The summed E-state index contributed by atoms with van der Waals surface area (Å²) in [4.78, 5) is 36.6. The van der Waals surface area contributed by atoms with Crippen molar-refractivity contribution in [1.82, 2.24) is 14.9 Å². The summed E-state index contributed by atoms with van der Waals surface area (Å²) in [7, 11) is 0. The number of nitrogens with zero attached hydrogens (tertiary/aromatic N) is 4. The van der Waals surface area contributed by atoms with Crippen LogP contribution in [0.1, 0.15) is 33.6 Å². The van der Waals surface area contributed by atoms with Crippen LogP contribution in [-0.2, 0) is 0 Å². The van der Waals surface area contributed by atoms with Crippen molar-refractivity contribution in [2.24, 2.45) is 11.1 Å². The van der Waals surface area contributed by atoms with E-state index in [1.165, 1.54) is 0 Å². The maximum atomic E-state index is 12.9. The number of hydrogen-bond donors (Lipinski definition) is 1. The average molecular weight is 351 g/mol. The summed E-state index contributed by atoms with van der Waals surface area (Å²) >= 11 is 0. The van der Waals surface area contributed by atoms with E-state index in [1.807, 2.05) is 11.0 Å². The first-order valence-corrected chi connectivity index (χ1v) is 8.76. The first-order chi connectivity index (χ1) is 12.6. The minimum absolute atomic E-state index is 0.0346. The van der Waals surface area contributed by atoms with Crippen molar-refractivity contribution in [1.29, 1.82) is 0 Å². The predicted octanol–water partition coefficient (Wildman–Crippen LogP) is 1.32. The number of anilines is 1. The van der Waals surface area contributed by atoms with Gasteiger partial charge in [0, 0.05) is 48.9 Å². The van der Waals surface area contributed by atoms with Crippen LogP contribution in [0.4, 0.5) is 5.82 Å². The highest BCUT2D eigenvalue weighted by Gasteiger charge is 2.47. The Morgan fingerprint density at radius 2 is 1.92 bits per heavy atom. The summed E-state index contributed by atoms with van der Waals surface area (Å²) in [6.07, 6.45) is 5.40. The third kappa shape index (κ3) is 3.00. The van der Waals surface area contributed by atoms with E-state index < -0.39 is 5.91 Å². The molecule has 2 N–H and O–H groups in total. The van der Waals surface area contributed by atoms with E-state index in [4.69, 9.17) is 5.73 Å². The lowest BCUT2D eigenvalue weighted by molar-refractivity contribution is 0.0417. The van der Waals surface area contributed by atoms with Crippen molar-refractivity contribution < 1.29 is 9.59 Å². The number of likely N-dealkylation sites (tertiary alicyclic amines) is 1. The Bertz CT molecular complexity index is 833. The highest BCUT2D eigenvalue weighted by Crippen LogP contribution is 2.40. The monoisotopic (exact) mass is 351 g/mol. The van der Waals surface area contributed by atoms with Crippen molar-refractivity contribution in [2.45, 2.75) is 12.8 Å². The number of piperidine rings is 1. The van der Waals surface area contributed by atoms with Gasteiger partial charge >= 0.3 is 0 Å². The number of nitrogens with two attached hydrogens (primary N) is 1. The maximum absolute atomic E-state index is 12.9. The fraction of sp³-hybridized carbons (Fsp3) is 0.368. The second kappa shape index (κ2) is 6.40. The second-order valence-corrected chi connectivity index (χ2v) is 7.20. The number of aromatic nitrogens is 2. The van der Waals surface area contributed by atoms with Gasteiger partial charge in [-0.2, -0.15) is 0 Å². The topological polar surface area (TPSA) is 92.4 Å². The molecule has 3 heterocycles. The summed E-state index contributed by atoms with van der Waals surface area (Å²) in [5.41, 5.74) is 6.33. The molecule has 0 unspecified atom stereocenters. The minimum atomic E-state index is -0.519. The van der Waals surface area contributed by atoms with E-state index >= 15 is 0 Å². The molecule has 0 aliphatic carbocycles. The summed E-state index contributed by atoms with van der Waals surface area (Å²) in [5.74, 6) is 0.380. The smallest absolute Gasteiger partial charge is 0.253 e. The molecule has 0 atom stereocenters. The summed E-state index contributed by atoms with van der Waals surface area (Å²) in [6, 6.07) is 8.56. The molecule has 0 saturated carbocycles. The van der Waals surface area contributed by atoms with E-state index in [2.05, 4.69) is 14.9 Å². The Kier molecular flexibility index (Phi) is 4.06. The Labute approximate surface area is 151 Å². The van der Waals surface area contributed by atoms with Crippen LogP contribution < -0.4 is 10.6 Å². The lowest BCUT2D eigenvalue weighted by Gasteiger charge is -2.55. The van der Waals surface area contributed by atoms with Gasteiger partial charge in [-0.25, -0.2) is 9.97 Å². The molecule has 2 saturated heterocycles. The van der Waals surface area contributed by atoms with Gasteiger partial charge in [0.15, 0.2) is 0 Å². The van der Waals surface area contributed by atoms with Gasteiger partial charge in [-0.05, 0) is 37.1 Å². The summed E-state index contributed by atoms with van der Waals surface area (Å²) < 4.78 is 0. The van der Waals surface area contributed by atoms with E-state index in [1.54, 1.807) is 36.8 Å². The Hall–Kier alpha value is -2.96. The van der Waals surface area contributed by atoms with Crippen LogP contribution in [0.2, 0.25) is 0 Å². The first kappa shape index (κ1) is 16.5. The lowest BCUT2D eigenvalue weighted by atomic mass is 9.73. The van der Waals surface area contributed by atoms with Crippen LogP contribution in [0.15, 0.2) is 42.9 Å². The van der Waals surface area contributed by atoms with Crippen LogP contribution in [0.3, 0.4) is 0 Å². The molecule has 4 rings (SSSR count). The van der Waals surface area contributed by atoms with Crippen molar-refractivity contribution >= 4 is 17.6 Å². The van der Waals surface area contributed by atoms with E-state index in [0.717, 1.165) is 44.8 Å². The van der Waals surface area contributed by atoms with E-state index in [0.29, 0.717) is 11.1 Å². The average Bonchev–Trinajstić information content (AvgIpc) is 2.66. The molecule has 2 amide bonds. The third-order valence-electron chi connectivity index (χ3n) is 5.29. The van der Waals surface area contributed by atoms with E-state index in [9.17, 15) is 9.59 Å². The van der Waals surface area contributed by atoms with Crippen molar-refractivity contribution in [3.63, 3.8) is 0 Å². The zero-order chi connectivity index (χ0) is 18.1. The molecule has 2 aromatic rings. The fourth-order valence-corrected chi connectivity index (χ4v) is 4.02. The molecule has 2 aliphatic heterocycles. The molecule has 1 aromatic carbocycles. The number of hydrogen-bond acceptors (Lipinski definition) is 5. The fourth-order valence-electron chi connectivity index (χ4n) is 4.02. The normalized spacial score (nSPS) is 18.5. The summed E-state index contributed by atoms with van der Waals surface area (Å²) in [6.45, 7) is 3.27. The Morgan fingerprint density at radius 1 is 1.12 bits per heavy atom. The summed E-state index contributed by atoms with van der Waals surface area (Å²) in [5, 5.41) is 0. The third-order valence-corrected chi connectivity index (χ3v) is 5.29. The van der Waals surface area contributed by atoms with Gasteiger partial charge in [0.1, 0.15) is 12.1 Å². The van der Waals surface area contributed by atoms with Gasteiger partial charge in [-0.3, -0.25) is 9.59 Å². The molecule has 0 bridgehead atoms. The van der Waals surface area contributed by atoms with Gasteiger partial charge in [0.05, 0.1) is 0 Å². The molecule has 2 aliphatic rings. The standard InChI is InChI=1S/C19H21N5O2/c20-17(25)14-3-1-4-15(9-14)18(26)23-8-2-6-19(10-23)11-24(12-19)16-5-7-21-13-22-16/h1,3-5,7,9,13H,2,6,8,10-12H2,(H2,20,25). The number of carbonyl (C=O) groups excluding carboxylic acids is 2. The Balaban J connectivity index is 1.45. The van der Waals surface area contributed by atoms with Gasteiger partial charge in [0.2, 0.25) is 5.91 Å². The molecular formula is C19H21N5O2. The second-order valence-electron chi connectivity index (χ2n) is 7.20. The minimum Gasteiger partial charge on any atom is -0.366 e. The molecule has 7 nitrogen and oxygen atoms in total. The predicted molar refractivity (Wildman–Crippen MR) is 96.8 cm³/mol. The SMILES string of the molecule is NC(=O)c1cccc(C(=O)N2CCCC3(C2)CN(c2ccncn2)C3)c1. The highest BCUT2D eigenvalue weighted by atomic mass is 16.2. The van der Waals surface area contributed by atoms with Gasteiger partial charge < -0.3 is 15.5 Å². The lowest BCUT2D eigenvalue weighted by Crippen LogP contribution is -2.63. The number of benzene rings is 1. The van der Waals surface area contributed by atoms with Crippen molar-refractivity contribution in [3.05, 3.63) is 54.0 Å². The molecule has 1 aromatic heterocycles. The van der Waals surface area contributed by atoms with E-state index in [-0.39, 0.29) is 11.3 Å². The molecule has 7 heteroatoms. The van der Waals surface area contributed by atoms with Crippen LogP contribution in [0, 0.1) is 5.41 Å². The van der Waals surface area contributed by atoms with Gasteiger partial charge in [-0.15, -0.1) is 0 Å². The highest BCUT2D eigenvalue weighted by molar-refractivity contribution is 5.99. The zero-order valence-electron chi connectivity index (χ0n) is 14.5. The number of carbonyl (C=O) groups is 2. The maximum Gasteiger partial charge on any atom is 0.253 e. The van der Waals surface area contributed by atoms with Gasteiger partial charge in [-0.1, -0.05) is 6.07 Å². The zero-order valence-corrected chi connectivity index (χ0v) is 14.5. The molecule has 26 heavy (non-hydrogen) atoms. The van der Waals surface area contributed by atoms with Crippen molar-refractivity contribution in [3.8, 4) is 0 Å². The number of primary amides is 1. The van der Waals surface area contributed by atoms with Crippen LogP contribution in [0.5, 0.6) is 0 Å².